The summed E-state index contributed by atoms with van der Waals surface area (Å²) in [6.45, 7) is 0.000370. The molecule has 0 amide bonds. The third-order valence-corrected chi connectivity index (χ3v) is 3.20. The molecule has 21 heavy (non-hydrogen) atoms. The lowest BCUT2D eigenvalue weighted by molar-refractivity contribution is 0.0690. The van der Waals surface area contributed by atoms with Gasteiger partial charge in [0.2, 0.25) is 0 Å². The molecule has 1 heterocycles. The van der Waals surface area contributed by atoms with Gasteiger partial charge in [0, 0.05) is 5.92 Å². The first kappa shape index (κ1) is 13.4. The molecule has 0 spiro atoms. The quantitative estimate of drug-likeness (QED) is 0.871. The van der Waals surface area contributed by atoms with Gasteiger partial charge in [-0.2, -0.15) is 4.98 Å². The van der Waals surface area contributed by atoms with E-state index in [-0.39, 0.29) is 17.9 Å². The minimum absolute atomic E-state index is 0.000370. The highest BCUT2D eigenvalue weighted by Crippen LogP contribution is 2.38. The smallest absolute Gasteiger partial charge is 0.339 e. The maximum atomic E-state index is 11.2. The summed E-state index contributed by atoms with van der Waals surface area (Å²) in [5, 5.41) is 13.1. The molecular weight excluding hydrogens is 276 g/mol. The van der Waals surface area contributed by atoms with Crippen LogP contribution in [0.25, 0.3) is 0 Å². The number of carbonyl (C=O) groups is 1. The molecule has 7 heteroatoms. The third-order valence-electron chi connectivity index (χ3n) is 3.20. The standard InChI is InChI=1S/C14H14N2O5/c1-19-10-4-2-3-9(14(17)18)12(10)20-7-11-15-13(16-21-11)8-5-6-8/h2-4,8H,5-7H2,1H3,(H,17,18). The summed E-state index contributed by atoms with van der Waals surface area (Å²) < 4.78 is 15.7. The van der Waals surface area contributed by atoms with Gasteiger partial charge in [-0.25, -0.2) is 4.79 Å². The normalized spacial score (nSPS) is 14.0. The average Bonchev–Trinajstić information content (AvgIpc) is 3.23. The molecule has 0 saturated heterocycles. The van der Waals surface area contributed by atoms with Crippen molar-refractivity contribution < 1.29 is 23.9 Å². The first-order valence-electron chi connectivity index (χ1n) is 6.54. The van der Waals surface area contributed by atoms with Gasteiger partial charge in [0.15, 0.2) is 23.9 Å². The van der Waals surface area contributed by atoms with Crippen LogP contribution >= 0.6 is 0 Å². The summed E-state index contributed by atoms with van der Waals surface area (Å²) >= 11 is 0. The Bertz CT molecular complexity index is 663. The summed E-state index contributed by atoms with van der Waals surface area (Å²) in [6.07, 6.45) is 2.16. The molecule has 1 aromatic heterocycles. The second-order valence-electron chi connectivity index (χ2n) is 4.75. The van der Waals surface area contributed by atoms with Gasteiger partial charge >= 0.3 is 5.97 Å². The molecule has 1 saturated carbocycles. The Morgan fingerprint density at radius 1 is 1.48 bits per heavy atom. The fourth-order valence-corrected chi connectivity index (χ4v) is 1.96. The van der Waals surface area contributed by atoms with Crippen molar-refractivity contribution in [2.45, 2.75) is 25.4 Å². The lowest BCUT2D eigenvalue weighted by Gasteiger charge is -2.11. The lowest BCUT2D eigenvalue weighted by Crippen LogP contribution is -2.05. The van der Waals surface area contributed by atoms with Crippen molar-refractivity contribution in [2.75, 3.05) is 7.11 Å². The van der Waals surface area contributed by atoms with E-state index in [1.54, 1.807) is 12.1 Å². The van der Waals surface area contributed by atoms with Crippen molar-refractivity contribution in [3.05, 3.63) is 35.5 Å². The lowest BCUT2D eigenvalue weighted by atomic mass is 10.2. The number of methoxy groups -OCH3 is 1. The third kappa shape index (κ3) is 2.81. The largest absolute Gasteiger partial charge is 0.493 e. The van der Waals surface area contributed by atoms with Gasteiger partial charge < -0.3 is 19.1 Å². The van der Waals surface area contributed by atoms with Crippen molar-refractivity contribution in [1.29, 1.82) is 0 Å². The zero-order valence-electron chi connectivity index (χ0n) is 11.4. The molecule has 1 aromatic carbocycles. The summed E-state index contributed by atoms with van der Waals surface area (Å²) in [5.41, 5.74) is 0.0243. The highest BCUT2D eigenvalue weighted by Gasteiger charge is 2.29. The summed E-state index contributed by atoms with van der Waals surface area (Å²) in [4.78, 5) is 15.4. The molecule has 0 bridgehead atoms. The summed E-state index contributed by atoms with van der Waals surface area (Å²) in [5.74, 6) is 0.804. The van der Waals surface area contributed by atoms with Crippen LogP contribution in [0, 0.1) is 0 Å². The number of carboxylic acid groups (broad SMARTS) is 1. The fourth-order valence-electron chi connectivity index (χ4n) is 1.96. The maximum Gasteiger partial charge on any atom is 0.339 e. The number of aromatic nitrogens is 2. The Labute approximate surface area is 120 Å². The molecule has 0 radical (unpaired) electrons. The molecule has 1 fully saturated rings. The molecule has 1 aliphatic carbocycles. The minimum atomic E-state index is -1.09. The van der Waals surface area contributed by atoms with E-state index in [2.05, 4.69) is 10.1 Å². The van der Waals surface area contributed by atoms with E-state index in [9.17, 15) is 9.90 Å². The van der Waals surface area contributed by atoms with Gasteiger partial charge in [0.05, 0.1) is 7.11 Å². The molecule has 1 N–H and O–H groups in total. The molecule has 0 unspecified atom stereocenters. The van der Waals surface area contributed by atoms with Gasteiger partial charge in [-0.1, -0.05) is 11.2 Å². The van der Waals surface area contributed by atoms with Gasteiger partial charge in [-0.05, 0) is 25.0 Å². The van der Waals surface area contributed by atoms with E-state index in [1.165, 1.54) is 13.2 Å². The molecule has 110 valence electrons. The van der Waals surface area contributed by atoms with Crippen LogP contribution < -0.4 is 9.47 Å². The van der Waals surface area contributed by atoms with E-state index in [1.807, 2.05) is 0 Å². The number of hydrogen-bond acceptors (Lipinski definition) is 6. The van der Waals surface area contributed by atoms with E-state index in [4.69, 9.17) is 14.0 Å². The predicted molar refractivity (Wildman–Crippen MR) is 70.6 cm³/mol. The topological polar surface area (TPSA) is 94.7 Å². The van der Waals surface area contributed by atoms with Crippen LogP contribution in [0.3, 0.4) is 0 Å². The van der Waals surface area contributed by atoms with Crippen molar-refractivity contribution in [2.24, 2.45) is 0 Å². The highest BCUT2D eigenvalue weighted by molar-refractivity contribution is 5.92. The number of rotatable bonds is 6. The van der Waals surface area contributed by atoms with Crippen molar-refractivity contribution in [1.82, 2.24) is 10.1 Å². The fraction of sp³-hybridized carbons (Fsp3) is 0.357. The van der Waals surface area contributed by atoms with Crippen LogP contribution in [0.4, 0.5) is 0 Å². The van der Waals surface area contributed by atoms with Gasteiger partial charge in [-0.3, -0.25) is 0 Å². The highest BCUT2D eigenvalue weighted by atomic mass is 16.5. The Morgan fingerprint density at radius 2 is 2.29 bits per heavy atom. The first-order valence-corrected chi connectivity index (χ1v) is 6.54. The number of hydrogen-bond donors (Lipinski definition) is 1. The minimum Gasteiger partial charge on any atom is -0.493 e. The Hall–Kier alpha value is -2.57. The van der Waals surface area contributed by atoms with Crippen LogP contribution in [0.5, 0.6) is 11.5 Å². The number of nitrogens with zero attached hydrogens (tertiary/aromatic N) is 2. The molecule has 7 nitrogen and oxygen atoms in total. The zero-order valence-corrected chi connectivity index (χ0v) is 11.4. The monoisotopic (exact) mass is 290 g/mol. The SMILES string of the molecule is COc1cccc(C(=O)O)c1OCc1nc(C2CC2)no1. The predicted octanol–water partition coefficient (Wildman–Crippen LogP) is 2.23. The van der Waals surface area contributed by atoms with Crippen molar-refractivity contribution in [3.63, 3.8) is 0 Å². The van der Waals surface area contributed by atoms with Crippen LogP contribution in [0.1, 0.15) is 40.8 Å². The van der Waals surface area contributed by atoms with Crippen LogP contribution in [0.2, 0.25) is 0 Å². The van der Waals surface area contributed by atoms with Crippen LogP contribution in [-0.2, 0) is 6.61 Å². The van der Waals surface area contributed by atoms with Crippen molar-refractivity contribution >= 4 is 5.97 Å². The van der Waals surface area contributed by atoms with Crippen molar-refractivity contribution in [3.8, 4) is 11.5 Å². The van der Waals surface area contributed by atoms with E-state index >= 15 is 0 Å². The number of carboxylic acids is 1. The number of aromatic carboxylic acids is 1. The van der Waals surface area contributed by atoms with Gasteiger partial charge in [0.1, 0.15) is 5.56 Å². The molecule has 0 atom stereocenters. The number of benzene rings is 1. The van der Waals surface area contributed by atoms with Gasteiger partial charge in [-0.15, -0.1) is 0 Å². The zero-order chi connectivity index (χ0) is 14.8. The molecule has 2 aromatic rings. The Balaban J connectivity index is 1.78. The number of para-hydroxylation sites is 1. The second-order valence-corrected chi connectivity index (χ2v) is 4.75. The molecule has 3 rings (SSSR count). The summed E-state index contributed by atoms with van der Waals surface area (Å²) in [6, 6.07) is 4.67. The van der Waals surface area contributed by atoms with Gasteiger partial charge in [0.25, 0.3) is 5.89 Å². The maximum absolute atomic E-state index is 11.2. The number of ether oxygens (including phenoxy) is 2. The van der Waals surface area contributed by atoms with E-state index in [0.29, 0.717) is 23.4 Å². The second kappa shape index (κ2) is 5.43. The van der Waals surface area contributed by atoms with E-state index < -0.39 is 5.97 Å². The van der Waals surface area contributed by atoms with Crippen LogP contribution in [0.15, 0.2) is 22.7 Å². The first-order chi connectivity index (χ1) is 10.2. The van der Waals surface area contributed by atoms with Crippen LogP contribution in [-0.4, -0.2) is 28.3 Å². The average molecular weight is 290 g/mol. The molecular formula is C14H14N2O5. The van der Waals surface area contributed by atoms with E-state index in [0.717, 1.165) is 12.8 Å². The Kier molecular flexibility index (Phi) is 3.47. The molecule has 0 aliphatic heterocycles. The molecule has 1 aliphatic rings. The summed E-state index contributed by atoms with van der Waals surface area (Å²) in [7, 11) is 1.45. The Morgan fingerprint density at radius 3 is 2.95 bits per heavy atom.